The molecule has 0 bridgehead atoms. The summed E-state index contributed by atoms with van der Waals surface area (Å²) in [5.41, 5.74) is -1.10. The van der Waals surface area contributed by atoms with Crippen molar-refractivity contribution in [2.75, 3.05) is 44.6 Å². The van der Waals surface area contributed by atoms with E-state index in [0.29, 0.717) is 32.7 Å². The second kappa shape index (κ2) is 9.18. The van der Waals surface area contributed by atoms with E-state index in [0.717, 1.165) is 6.07 Å². The van der Waals surface area contributed by atoms with Crippen LogP contribution in [0.25, 0.3) is 0 Å². The van der Waals surface area contributed by atoms with Crippen LogP contribution in [0.1, 0.15) is 19.4 Å². The minimum Gasteiger partial charge on any atom is -0.355 e. The van der Waals surface area contributed by atoms with Crippen molar-refractivity contribution in [2.45, 2.75) is 26.1 Å². The molecule has 0 aliphatic carbocycles. The molecule has 1 aliphatic heterocycles. The van der Waals surface area contributed by atoms with E-state index >= 15 is 0 Å². The Labute approximate surface area is 156 Å². The first-order valence-corrected chi connectivity index (χ1v) is 8.92. The van der Waals surface area contributed by atoms with Crippen LogP contribution in [0.15, 0.2) is 24.3 Å². The van der Waals surface area contributed by atoms with Gasteiger partial charge in [0.15, 0.2) is 0 Å². The molecule has 1 aliphatic rings. The molecule has 6 nitrogen and oxygen atoms in total. The molecule has 2 rings (SSSR count). The van der Waals surface area contributed by atoms with Crippen LogP contribution in [-0.4, -0.2) is 66.9 Å². The molecule has 1 aromatic rings. The average molecular weight is 386 g/mol. The molecule has 1 fully saturated rings. The lowest BCUT2D eigenvalue weighted by atomic mass is 10.1. The van der Waals surface area contributed by atoms with Crippen LogP contribution in [0.3, 0.4) is 0 Å². The van der Waals surface area contributed by atoms with Gasteiger partial charge in [0.05, 0.1) is 23.8 Å². The fourth-order valence-corrected chi connectivity index (χ4v) is 3.03. The predicted molar refractivity (Wildman–Crippen MR) is 96.2 cm³/mol. The van der Waals surface area contributed by atoms with Crippen LogP contribution < -0.4 is 10.6 Å². The standard InChI is InChI=1S/C18H25F3N4O2/c1-3-22-17(27)13(2)25-10-8-24(9-11-25)12-16(26)23-15-7-5-4-6-14(15)18(19,20)21/h4-7,13H,3,8-12H2,1-2H3,(H,22,27)(H,23,26)/t13-/m1/s1. The van der Waals surface area contributed by atoms with Gasteiger partial charge in [-0.05, 0) is 26.0 Å². The number of hydrogen-bond donors (Lipinski definition) is 2. The SMILES string of the molecule is CCNC(=O)[C@@H](C)N1CCN(CC(=O)Nc2ccccc2C(F)(F)F)CC1. The van der Waals surface area contributed by atoms with Crippen LogP contribution in [0.4, 0.5) is 18.9 Å². The summed E-state index contributed by atoms with van der Waals surface area (Å²) < 4.78 is 39.0. The fraction of sp³-hybridized carbons (Fsp3) is 0.556. The van der Waals surface area contributed by atoms with E-state index in [1.165, 1.54) is 18.2 Å². The first-order chi connectivity index (χ1) is 12.7. The number of anilines is 1. The average Bonchev–Trinajstić information content (AvgIpc) is 2.61. The van der Waals surface area contributed by atoms with Gasteiger partial charge in [-0.2, -0.15) is 13.2 Å². The largest absolute Gasteiger partial charge is 0.418 e. The smallest absolute Gasteiger partial charge is 0.355 e. The van der Waals surface area contributed by atoms with Crippen LogP contribution in [0, 0.1) is 0 Å². The minimum absolute atomic E-state index is 0.00949. The van der Waals surface area contributed by atoms with Gasteiger partial charge >= 0.3 is 6.18 Å². The first-order valence-electron chi connectivity index (χ1n) is 8.92. The molecule has 0 saturated carbocycles. The second-order valence-corrected chi connectivity index (χ2v) is 6.47. The molecule has 1 saturated heterocycles. The molecular formula is C18H25F3N4O2. The number of nitrogens with one attached hydrogen (secondary N) is 2. The van der Waals surface area contributed by atoms with E-state index in [1.54, 1.807) is 0 Å². The number of likely N-dealkylation sites (N-methyl/N-ethyl adjacent to an activating group) is 1. The molecule has 1 atom stereocenters. The number of para-hydroxylation sites is 1. The molecule has 0 spiro atoms. The van der Waals surface area contributed by atoms with Crippen molar-refractivity contribution in [3.05, 3.63) is 29.8 Å². The van der Waals surface area contributed by atoms with E-state index in [2.05, 4.69) is 10.6 Å². The van der Waals surface area contributed by atoms with Crippen LogP contribution in [-0.2, 0) is 15.8 Å². The summed E-state index contributed by atoms with van der Waals surface area (Å²) in [4.78, 5) is 28.0. The number of rotatable bonds is 6. The lowest BCUT2D eigenvalue weighted by molar-refractivity contribution is -0.137. The Morgan fingerprint density at radius 2 is 1.78 bits per heavy atom. The third-order valence-corrected chi connectivity index (χ3v) is 4.56. The Hall–Kier alpha value is -2.13. The molecule has 0 radical (unpaired) electrons. The number of amides is 2. The normalized spacial score (nSPS) is 17.4. The summed E-state index contributed by atoms with van der Waals surface area (Å²) in [6.07, 6.45) is -4.52. The van der Waals surface area contributed by atoms with Crippen molar-refractivity contribution in [2.24, 2.45) is 0 Å². The Balaban J connectivity index is 1.86. The highest BCUT2D eigenvalue weighted by atomic mass is 19.4. The molecule has 1 aromatic carbocycles. The highest BCUT2D eigenvalue weighted by Crippen LogP contribution is 2.34. The van der Waals surface area contributed by atoms with Gasteiger partial charge in [0, 0.05) is 32.7 Å². The maximum Gasteiger partial charge on any atom is 0.418 e. The lowest BCUT2D eigenvalue weighted by Gasteiger charge is -2.37. The van der Waals surface area contributed by atoms with Gasteiger partial charge in [-0.1, -0.05) is 12.1 Å². The number of benzene rings is 1. The zero-order valence-electron chi connectivity index (χ0n) is 15.5. The van der Waals surface area contributed by atoms with Crippen molar-refractivity contribution in [1.29, 1.82) is 0 Å². The number of carbonyl (C=O) groups is 2. The summed E-state index contributed by atoms with van der Waals surface area (Å²) in [6, 6.07) is 4.67. The number of alkyl halides is 3. The Morgan fingerprint density at radius 1 is 1.15 bits per heavy atom. The molecule has 27 heavy (non-hydrogen) atoms. The third-order valence-electron chi connectivity index (χ3n) is 4.56. The van der Waals surface area contributed by atoms with Crippen molar-refractivity contribution in [3.63, 3.8) is 0 Å². The fourth-order valence-electron chi connectivity index (χ4n) is 3.03. The Morgan fingerprint density at radius 3 is 2.37 bits per heavy atom. The van der Waals surface area contributed by atoms with E-state index in [1.807, 2.05) is 23.6 Å². The first kappa shape index (κ1) is 21.2. The topological polar surface area (TPSA) is 64.7 Å². The Bertz CT molecular complexity index is 658. The van der Waals surface area contributed by atoms with Crippen molar-refractivity contribution >= 4 is 17.5 Å². The summed E-state index contributed by atoms with van der Waals surface area (Å²) in [5.74, 6) is -0.524. The molecule has 150 valence electrons. The van der Waals surface area contributed by atoms with Gasteiger partial charge in [0.25, 0.3) is 0 Å². The van der Waals surface area contributed by atoms with Crippen molar-refractivity contribution in [3.8, 4) is 0 Å². The van der Waals surface area contributed by atoms with Crippen molar-refractivity contribution in [1.82, 2.24) is 15.1 Å². The van der Waals surface area contributed by atoms with E-state index in [4.69, 9.17) is 0 Å². The zero-order chi connectivity index (χ0) is 20.0. The number of hydrogen-bond acceptors (Lipinski definition) is 4. The van der Waals surface area contributed by atoms with Gasteiger partial charge in [-0.25, -0.2) is 0 Å². The van der Waals surface area contributed by atoms with Gasteiger partial charge in [0.2, 0.25) is 11.8 Å². The minimum atomic E-state index is -4.52. The monoisotopic (exact) mass is 386 g/mol. The third kappa shape index (κ3) is 5.93. The number of carbonyl (C=O) groups excluding carboxylic acids is 2. The van der Waals surface area contributed by atoms with Crippen LogP contribution >= 0.6 is 0 Å². The van der Waals surface area contributed by atoms with Crippen LogP contribution in [0.5, 0.6) is 0 Å². The summed E-state index contributed by atoms with van der Waals surface area (Å²) in [7, 11) is 0. The molecule has 2 amide bonds. The van der Waals surface area contributed by atoms with E-state index in [-0.39, 0.29) is 24.2 Å². The number of nitrogens with zero attached hydrogens (tertiary/aromatic N) is 2. The maximum atomic E-state index is 13.0. The summed E-state index contributed by atoms with van der Waals surface area (Å²) in [5, 5.41) is 5.14. The quantitative estimate of drug-likeness (QED) is 0.783. The van der Waals surface area contributed by atoms with Gasteiger partial charge in [0.1, 0.15) is 0 Å². The number of halogens is 3. The lowest BCUT2D eigenvalue weighted by Crippen LogP contribution is -2.54. The highest BCUT2D eigenvalue weighted by Gasteiger charge is 2.33. The Kier molecular flexibility index (Phi) is 7.20. The van der Waals surface area contributed by atoms with E-state index in [9.17, 15) is 22.8 Å². The molecular weight excluding hydrogens is 361 g/mol. The van der Waals surface area contributed by atoms with Crippen molar-refractivity contribution < 1.29 is 22.8 Å². The van der Waals surface area contributed by atoms with Gasteiger partial charge in [-0.3, -0.25) is 19.4 Å². The van der Waals surface area contributed by atoms with Crippen LogP contribution in [0.2, 0.25) is 0 Å². The molecule has 2 N–H and O–H groups in total. The second-order valence-electron chi connectivity index (χ2n) is 6.47. The predicted octanol–water partition coefficient (Wildman–Crippen LogP) is 1.79. The maximum absolute atomic E-state index is 13.0. The molecule has 9 heteroatoms. The zero-order valence-corrected chi connectivity index (χ0v) is 15.5. The van der Waals surface area contributed by atoms with Gasteiger partial charge < -0.3 is 10.6 Å². The van der Waals surface area contributed by atoms with E-state index < -0.39 is 17.6 Å². The highest BCUT2D eigenvalue weighted by molar-refractivity contribution is 5.93. The van der Waals surface area contributed by atoms with Gasteiger partial charge in [-0.15, -0.1) is 0 Å². The summed E-state index contributed by atoms with van der Waals surface area (Å²) in [6.45, 7) is 6.64. The summed E-state index contributed by atoms with van der Waals surface area (Å²) >= 11 is 0. The molecule has 1 heterocycles. The molecule has 0 unspecified atom stereocenters. The molecule has 0 aromatic heterocycles. The number of piperazine rings is 1.